The summed E-state index contributed by atoms with van der Waals surface area (Å²) in [6.45, 7) is 1.30. The number of halogens is 4. The van der Waals surface area contributed by atoms with Crippen molar-refractivity contribution in [3.8, 4) is 11.8 Å². The van der Waals surface area contributed by atoms with Gasteiger partial charge in [0.15, 0.2) is 5.82 Å². The maximum Gasteiger partial charge on any atom is 0.451 e. The quantitative estimate of drug-likeness (QED) is 0.789. The van der Waals surface area contributed by atoms with Gasteiger partial charge in [-0.05, 0) is 19.1 Å². The third kappa shape index (κ3) is 3.54. The maximum atomic E-state index is 14.2. The standard InChI is InChI=1S/C13H11F4N5O3S/c1-3-26(24,25)20-9-5-10(8(14)4-7(9)6-18)22-12(23)21(2)11(19-22)13(15,16)17/h4-5,20H,3H2,1-2H3. The van der Waals surface area contributed by atoms with Crippen LogP contribution in [0.15, 0.2) is 16.9 Å². The lowest BCUT2D eigenvalue weighted by molar-refractivity contribution is -0.147. The lowest BCUT2D eigenvalue weighted by Gasteiger charge is -2.10. The summed E-state index contributed by atoms with van der Waals surface area (Å²) in [6.07, 6.45) is -4.96. The fourth-order valence-corrected chi connectivity index (χ4v) is 2.63. The van der Waals surface area contributed by atoms with Gasteiger partial charge < -0.3 is 0 Å². The molecule has 0 fully saturated rings. The summed E-state index contributed by atoms with van der Waals surface area (Å²) in [6, 6.07) is 2.88. The van der Waals surface area contributed by atoms with Gasteiger partial charge in [0.25, 0.3) is 0 Å². The summed E-state index contributed by atoms with van der Waals surface area (Å²) in [5, 5.41) is 12.1. The molecule has 0 saturated carbocycles. The van der Waals surface area contributed by atoms with Gasteiger partial charge in [-0.1, -0.05) is 0 Å². The molecule has 140 valence electrons. The SMILES string of the molecule is CCS(=O)(=O)Nc1cc(-n2nc(C(F)(F)F)n(C)c2=O)c(F)cc1C#N. The Bertz CT molecular complexity index is 1060. The minimum Gasteiger partial charge on any atom is -0.282 e. The number of nitrogens with one attached hydrogen (secondary N) is 1. The van der Waals surface area contributed by atoms with Crippen LogP contribution in [0.4, 0.5) is 23.2 Å². The highest BCUT2D eigenvalue weighted by molar-refractivity contribution is 7.92. The average Bonchev–Trinajstić information content (AvgIpc) is 2.84. The minimum atomic E-state index is -4.96. The summed E-state index contributed by atoms with van der Waals surface area (Å²) in [5.41, 5.74) is -2.85. The Labute approximate surface area is 144 Å². The van der Waals surface area contributed by atoms with Crippen LogP contribution >= 0.6 is 0 Å². The first-order chi connectivity index (χ1) is 11.9. The monoisotopic (exact) mass is 393 g/mol. The van der Waals surface area contributed by atoms with Crippen LogP contribution in [0.25, 0.3) is 5.69 Å². The zero-order valence-corrected chi connectivity index (χ0v) is 14.1. The molecule has 1 heterocycles. The highest BCUT2D eigenvalue weighted by Crippen LogP contribution is 2.28. The van der Waals surface area contributed by atoms with Gasteiger partial charge in [0.05, 0.1) is 17.0 Å². The third-order valence-electron chi connectivity index (χ3n) is 3.32. The zero-order valence-electron chi connectivity index (χ0n) is 13.3. The second-order valence-corrected chi connectivity index (χ2v) is 7.05. The molecule has 0 aliphatic carbocycles. The number of nitriles is 1. The van der Waals surface area contributed by atoms with Gasteiger partial charge in [-0.15, -0.1) is 5.10 Å². The number of sulfonamides is 1. The van der Waals surface area contributed by atoms with Crippen LogP contribution < -0.4 is 10.4 Å². The molecular formula is C13H11F4N5O3S. The first-order valence-electron chi connectivity index (χ1n) is 6.89. The molecule has 0 unspecified atom stereocenters. The molecule has 0 atom stereocenters. The molecule has 0 amide bonds. The first-order valence-corrected chi connectivity index (χ1v) is 8.54. The Morgan fingerprint density at radius 2 is 1.96 bits per heavy atom. The van der Waals surface area contributed by atoms with Crippen LogP contribution in [-0.4, -0.2) is 28.5 Å². The van der Waals surface area contributed by atoms with Gasteiger partial charge in [-0.2, -0.15) is 23.1 Å². The van der Waals surface area contributed by atoms with E-state index in [4.69, 9.17) is 5.26 Å². The maximum absolute atomic E-state index is 14.2. The number of anilines is 1. The van der Waals surface area contributed by atoms with E-state index < -0.39 is 50.5 Å². The van der Waals surface area contributed by atoms with Crippen molar-refractivity contribution in [1.29, 1.82) is 5.26 Å². The van der Waals surface area contributed by atoms with Gasteiger partial charge in [0.1, 0.15) is 11.8 Å². The lowest BCUT2D eigenvalue weighted by atomic mass is 10.1. The van der Waals surface area contributed by atoms with Crippen molar-refractivity contribution in [2.45, 2.75) is 13.1 Å². The number of hydrogen-bond acceptors (Lipinski definition) is 5. The van der Waals surface area contributed by atoms with E-state index in [2.05, 4.69) is 5.10 Å². The summed E-state index contributed by atoms with van der Waals surface area (Å²) in [5.74, 6) is -3.16. The van der Waals surface area contributed by atoms with E-state index in [1.165, 1.54) is 6.92 Å². The Hall–Kier alpha value is -2.88. The molecule has 0 aliphatic heterocycles. The van der Waals surface area contributed by atoms with E-state index in [0.717, 1.165) is 13.1 Å². The second kappa shape index (κ2) is 6.45. The molecule has 1 aromatic carbocycles. The highest BCUT2D eigenvalue weighted by atomic mass is 32.2. The normalized spacial score (nSPS) is 12.0. The predicted octanol–water partition coefficient (Wildman–Crippen LogP) is 1.36. The molecule has 0 spiro atoms. The van der Waals surface area contributed by atoms with E-state index in [0.29, 0.717) is 6.07 Å². The van der Waals surface area contributed by atoms with Gasteiger partial charge in [0.2, 0.25) is 15.8 Å². The van der Waals surface area contributed by atoms with Crippen LogP contribution in [0, 0.1) is 17.1 Å². The van der Waals surface area contributed by atoms with Crippen molar-refractivity contribution in [1.82, 2.24) is 14.3 Å². The van der Waals surface area contributed by atoms with Crippen LogP contribution in [-0.2, 0) is 23.2 Å². The van der Waals surface area contributed by atoms with E-state index in [-0.39, 0.29) is 15.0 Å². The molecule has 0 radical (unpaired) electrons. The molecule has 2 rings (SSSR count). The molecule has 13 heteroatoms. The number of alkyl halides is 3. The smallest absolute Gasteiger partial charge is 0.282 e. The topological polar surface area (TPSA) is 110 Å². The fourth-order valence-electron chi connectivity index (χ4n) is 1.98. The minimum absolute atomic E-state index is 0.142. The fraction of sp³-hybridized carbons (Fsp3) is 0.308. The molecule has 0 bridgehead atoms. The summed E-state index contributed by atoms with van der Waals surface area (Å²) in [4.78, 5) is 12.0. The number of aromatic nitrogens is 3. The zero-order chi connectivity index (χ0) is 19.9. The summed E-state index contributed by atoms with van der Waals surface area (Å²) >= 11 is 0. The number of nitrogens with zero attached hydrogens (tertiary/aromatic N) is 4. The molecule has 8 nitrogen and oxygen atoms in total. The summed E-state index contributed by atoms with van der Waals surface area (Å²) in [7, 11) is -3.07. The average molecular weight is 393 g/mol. The molecule has 0 aliphatic rings. The molecule has 0 saturated heterocycles. The van der Waals surface area contributed by atoms with E-state index in [1.54, 1.807) is 6.07 Å². The van der Waals surface area contributed by atoms with E-state index in [1.807, 2.05) is 4.72 Å². The van der Waals surface area contributed by atoms with Crippen molar-refractivity contribution in [2.24, 2.45) is 7.05 Å². The van der Waals surface area contributed by atoms with Gasteiger partial charge in [-0.3, -0.25) is 9.29 Å². The lowest BCUT2D eigenvalue weighted by Crippen LogP contribution is -2.24. The van der Waals surface area contributed by atoms with E-state index in [9.17, 15) is 30.8 Å². The van der Waals surface area contributed by atoms with Gasteiger partial charge >= 0.3 is 11.9 Å². The number of hydrogen-bond donors (Lipinski definition) is 1. The highest BCUT2D eigenvalue weighted by Gasteiger charge is 2.38. The second-order valence-electron chi connectivity index (χ2n) is 5.04. The van der Waals surface area contributed by atoms with Crippen LogP contribution in [0.2, 0.25) is 0 Å². The molecule has 2 aromatic rings. The molecular weight excluding hydrogens is 382 g/mol. The first kappa shape index (κ1) is 19.4. The third-order valence-corrected chi connectivity index (χ3v) is 4.61. The number of benzene rings is 1. The van der Waals surface area contributed by atoms with Crippen molar-refractivity contribution >= 4 is 15.7 Å². The Morgan fingerprint density at radius 1 is 1.35 bits per heavy atom. The molecule has 26 heavy (non-hydrogen) atoms. The van der Waals surface area contributed by atoms with Crippen LogP contribution in [0.1, 0.15) is 18.3 Å². The molecule has 1 aromatic heterocycles. The van der Waals surface area contributed by atoms with Crippen LogP contribution in [0.5, 0.6) is 0 Å². The number of rotatable bonds is 4. The van der Waals surface area contributed by atoms with Crippen molar-refractivity contribution < 1.29 is 26.0 Å². The van der Waals surface area contributed by atoms with Crippen molar-refractivity contribution in [2.75, 3.05) is 10.5 Å². The van der Waals surface area contributed by atoms with Gasteiger partial charge in [0, 0.05) is 7.05 Å². The van der Waals surface area contributed by atoms with Crippen LogP contribution in [0.3, 0.4) is 0 Å². The van der Waals surface area contributed by atoms with Crippen molar-refractivity contribution in [3.05, 3.63) is 39.8 Å². The Morgan fingerprint density at radius 3 is 2.42 bits per heavy atom. The summed E-state index contributed by atoms with van der Waals surface area (Å²) < 4.78 is 78.5. The Kier molecular flexibility index (Phi) is 4.82. The largest absolute Gasteiger partial charge is 0.451 e. The predicted molar refractivity (Wildman–Crippen MR) is 81.6 cm³/mol. The van der Waals surface area contributed by atoms with Gasteiger partial charge in [-0.25, -0.2) is 17.6 Å². The van der Waals surface area contributed by atoms with E-state index >= 15 is 0 Å². The molecule has 1 N–H and O–H groups in total. The van der Waals surface area contributed by atoms with Crippen molar-refractivity contribution in [3.63, 3.8) is 0 Å². The Balaban J connectivity index is 2.73.